The minimum Gasteiger partial charge on any atom is -0.381 e. The zero-order valence-corrected chi connectivity index (χ0v) is 12.6. The lowest BCUT2D eigenvalue weighted by molar-refractivity contribution is 0.0149. The SMILES string of the molecule is COC1CCN(C2CCCC(C#N)(NC3CC3)C2)CC1. The number of ether oxygens (including phenoxy) is 1. The third kappa shape index (κ3) is 3.16. The molecule has 2 unspecified atom stereocenters. The maximum absolute atomic E-state index is 9.66. The summed E-state index contributed by atoms with van der Waals surface area (Å²) in [6.45, 7) is 2.27. The van der Waals surface area contributed by atoms with Crippen LogP contribution in [0, 0.1) is 11.3 Å². The van der Waals surface area contributed by atoms with E-state index < -0.39 is 0 Å². The highest BCUT2D eigenvalue weighted by atomic mass is 16.5. The van der Waals surface area contributed by atoms with Crippen LogP contribution in [0.3, 0.4) is 0 Å². The van der Waals surface area contributed by atoms with Gasteiger partial charge in [-0.3, -0.25) is 5.32 Å². The van der Waals surface area contributed by atoms with E-state index in [4.69, 9.17) is 4.74 Å². The van der Waals surface area contributed by atoms with E-state index in [0.29, 0.717) is 18.2 Å². The molecule has 112 valence electrons. The molecule has 0 bridgehead atoms. The van der Waals surface area contributed by atoms with Crippen molar-refractivity contribution in [3.05, 3.63) is 0 Å². The summed E-state index contributed by atoms with van der Waals surface area (Å²) < 4.78 is 5.46. The minimum absolute atomic E-state index is 0.248. The molecule has 2 saturated carbocycles. The molecule has 1 heterocycles. The number of hydrogen-bond acceptors (Lipinski definition) is 4. The highest BCUT2D eigenvalue weighted by Crippen LogP contribution is 2.35. The largest absolute Gasteiger partial charge is 0.381 e. The molecule has 3 aliphatic rings. The van der Waals surface area contributed by atoms with Gasteiger partial charge < -0.3 is 9.64 Å². The summed E-state index contributed by atoms with van der Waals surface area (Å²) in [6, 6.07) is 3.82. The molecule has 0 radical (unpaired) electrons. The number of nitrogens with one attached hydrogen (secondary N) is 1. The number of methoxy groups -OCH3 is 1. The molecular weight excluding hydrogens is 250 g/mol. The van der Waals surface area contributed by atoms with Gasteiger partial charge in [0.15, 0.2) is 0 Å². The molecule has 1 saturated heterocycles. The average Bonchev–Trinajstić information content (AvgIpc) is 3.31. The van der Waals surface area contributed by atoms with E-state index in [2.05, 4.69) is 16.3 Å². The quantitative estimate of drug-likeness (QED) is 0.854. The Labute approximate surface area is 122 Å². The van der Waals surface area contributed by atoms with Crippen molar-refractivity contribution in [1.82, 2.24) is 10.2 Å². The molecule has 2 aliphatic carbocycles. The molecule has 4 heteroatoms. The summed E-state index contributed by atoms with van der Waals surface area (Å²) in [5.41, 5.74) is -0.248. The standard InChI is InChI=1S/C16H27N3O/c1-20-15-6-9-19(10-7-15)14-3-2-8-16(11-14,12-17)18-13-4-5-13/h13-15,18H,2-11H2,1H3. The fourth-order valence-electron chi connectivity index (χ4n) is 3.92. The second-order valence-electron chi connectivity index (χ2n) is 6.83. The maximum atomic E-state index is 9.66. The van der Waals surface area contributed by atoms with Crippen molar-refractivity contribution in [2.24, 2.45) is 0 Å². The maximum Gasteiger partial charge on any atom is 0.108 e. The lowest BCUT2D eigenvalue weighted by atomic mass is 9.78. The van der Waals surface area contributed by atoms with E-state index in [1.54, 1.807) is 0 Å². The fraction of sp³-hybridized carbons (Fsp3) is 0.938. The molecular formula is C16H27N3O. The van der Waals surface area contributed by atoms with Crippen molar-refractivity contribution in [2.45, 2.75) is 75.1 Å². The molecule has 0 aromatic carbocycles. The van der Waals surface area contributed by atoms with Crippen LogP contribution in [-0.2, 0) is 4.74 Å². The molecule has 0 aromatic rings. The van der Waals surface area contributed by atoms with Crippen LogP contribution in [0.2, 0.25) is 0 Å². The summed E-state index contributed by atoms with van der Waals surface area (Å²) in [7, 11) is 1.82. The van der Waals surface area contributed by atoms with Crippen molar-refractivity contribution in [3.8, 4) is 6.07 Å². The van der Waals surface area contributed by atoms with E-state index in [9.17, 15) is 5.26 Å². The number of rotatable bonds is 4. The van der Waals surface area contributed by atoms with Gasteiger partial charge in [-0.25, -0.2) is 0 Å². The first-order valence-corrected chi connectivity index (χ1v) is 8.20. The molecule has 4 nitrogen and oxygen atoms in total. The highest BCUT2D eigenvalue weighted by molar-refractivity contribution is 5.13. The summed E-state index contributed by atoms with van der Waals surface area (Å²) in [5.74, 6) is 0. The monoisotopic (exact) mass is 277 g/mol. The van der Waals surface area contributed by atoms with Gasteiger partial charge in [0.25, 0.3) is 0 Å². The molecule has 0 amide bonds. The number of hydrogen-bond donors (Lipinski definition) is 1. The number of piperidine rings is 1. The summed E-state index contributed by atoms with van der Waals surface area (Å²) in [5, 5.41) is 13.3. The minimum atomic E-state index is -0.248. The normalized spacial score (nSPS) is 36.7. The van der Waals surface area contributed by atoms with E-state index in [1.807, 2.05) is 7.11 Å². The zero-order chi connectivity index (χ0) is 14.0. The molecule has 0 aromatic heterocycles. The van der Waals surface area contributed by atoms with Gasteiger partial charge in [-0.15, -0.1) is 0 Å². The molecule has 1 aliphatic heterocycles. The Hall–Kier alpha value is -0.630. The fourth-order valence-corrected chi connectivity index (χ4v) is 3.92. The van der Waals surface area contributed by atoms with Gasteiger partial charge >= 0.3 is 0 Å². The second-order valence-corrected chi connectivity index (χ2v) is 6.83. The van der Waals surface area contributed by atoms with Gasteiger partial charge in [0.2, 0.25) is 0 Å². The molecule has 1 N–H and O–H groups in total. The van der Waals surface area contributed by atoms with Crippen LogP contribution < -0.4 is 5.32 Å². The molecule has 20 heavy (non-hydrogen) atoms. The summed E-state index contributed by atoms with van der Waals surface area (Å²) in [4.78, 5) is 2.61. The van der Waals surface area contributed by atoms with Crippen molar-refractivity contribution in [1.29, 1.82) is 5.26 Å². The third-order valence-electron chi connectivity index (χ3n) is 5.32. The van der Waals surface area contributed by atoms with Crippen LogP contribution in [0.15, 0.2) is 0 Å². The van der Waals surface area contributed by atoms with E-state index >= 15 is 0 Å². The van der Waals surface area contributed by atoms with Crippen molar-refractivity contribution in [3.63, 3.8) is 0 Å². The van der Waals surface area contributed by atoms with Crippen molar-refractivity contribution < 1.29 is 4.74 Å². The lowest BCUT2D eigenvalue weighted by Gasteiger charge is -2.44. The zero-order valence-electron chi connectivity index (χ0n) is 12.6. The number of likely N-dealkylation sites (tertiary alicyclic amines) is 1. The highest BCUT2D eigenvalue weighted by Gasteiger charge is 2.42. The van der Waals surface area contributed by atoms with Crippen LogP contribution in [0.1, 0.15) is 51.4 Å². The van der Waals surface area contributed by atoms with Gasteiger partial charge in [-0.05, 0) is 51.4 Å². The van der Waals surface area contributed by atoms with Gasteiger partial charge in [-0.2, -0.15) is 5.26 Å². The molecule has 2 atom stereocenters. The predicted molar refractivity (Wildman–Crippen MR) is 78.4 cm³/mol. The Morgan fingerprint density at radius 3 is 2.55 bits per heavy atom. The Kier molecular flexibility index (Phi) is 4.30. The first-order valence-electron chi connectivity index (χ1n) is 8.20. The topological polar surface area (TPSA) is 48.3 Å². The van der Waals surface area contributed by atoms with Gasteiger partial charge in [0.1, 0.15) is 5.54 Å². The van der Waals surface area contributed by atoms with Crippen LogP contribution in [-0.4, -0.2) is 48.8 Å². The lowest BCUT2D eigenvalue weighted by Crippen LogP contribution is -2.54. The Morgan fingerprint density at radius 2 is 1.95 bits per heavy atom. The summed E-state index contributed by atoms with van der Waals surface area (Å²) in [6.07, 6.45) is 9.73. The Morgan fingerprint density at radius 1 is 1.20 bits per heavy atom. The van der Waals surface area contributed by atoms with Crippen LogP contribution in [0.5, 0.6) is 0 Å². The van der Waals surface area contributed by atoms with E-state index in [-0.39, 0.29) is 5.54 Å². The van der Waals surface area contributed by atoms with E-state index in [1.165, 1.54) is 25.7 Å². The van der Waals surface area contributed by atoms with Crippen molar-refractivity contribution >= 4 is 0 Å². The van der Waals surface area contributed by atoms with E-state index in [0.717, 1.165) is 38.8 Å². The third-order valence-corrected chi connectivity index (χ3v) is 5.32. The number of nitrogens with zero attached hydrogens (tertiary/aromatic N) is 2. The number of nitriles is 1. The Balaban J connectivity index is 1.58. The predicted octanol–water partition coefficient (Wildman–Crippen LogP) is 2.05. The molecule has 3 rings (SSSR count). The Bertz CT molecular complexity index is 368. The van der Waals surface area contributed by atoms with Crippen LogP contribution in [0.25, 0.3) is 0 Å². The van der Waals surface area contributed by atoms with Crippen molar-refractivity contribution in [2.75, 3.05) is 20.2 Å². The summed E-state index contributed by atoms with van der Waals surface area (Å²) >= 11 is 0. The second kappa shape index (κ2) is 6.01. The first-order chi connectivity index (χ1) is 9.74. The van der Waals surface area contributed by atoms with Crippen LogP contribution in [0.4, 0.5) is 0 Å². The average molecular weight is 277 g/mol. The van der Waals surface area contributed by atoms with Gasteiger partial charge in [0, 0.05) is 32.3 Å². The molecule has 0 spiro atoms. The van der Waals surface area contributed by atoms with Gasteiger partial charge in [0.05, 0.1) is 12.2 Å². The smallest absolute Gasteiger partial charge is 0.108 e. The van der Waals surface area contributed by atoms with Gasteiger partial charge in [-0.1, -0.05) is 0 Å². The van der Waals surface area contributed by atoms with Crippen LogP contribution >= 0.6 is 0 Å². The first kappa shape index (κ1) is 14.3. The molecule has 3 fully saturated rings.